The average molecular weight is 286 g/mol. The number of nitrogens with one attached hydrogen (secondary N) is 2. The quantitative estimate of drug-likeness (QED) is 0.842. The van der Waals surface area contributed by atoms with Gasteiger partial charge in [0, 0.05) is 25.4 Å². The molecule has 1 heterocycles. The van der Waals surface area contributed by atoms with Gasteiger partial charge in [0.25, 0.3) is 0 Å². The molecule has 1 atom stereocenters. The first-order valence-electron chi connectivity index (χ1n) is 7.10. The highest BCUT2D eigenvalue weighted by atomic mass is 16.2. The van der Waals surface area contributed by atoms with Gasteiger partial charge in [-0.1, -0.05) is 24.3 Å². The Balaban J connectivity index is 1.90. The van der Waals surface area contributed by atoms with Crippen molar-refractivity contribution in [1.82, 2.24) is 20.4 Å². The smallest absolute Gasteiger partial charge is 0.241 e. The van der Waals surface area contributed by atoms with E-state index in [0.29, 0.717) is 6.54 Å². The number of nitrogens with zero attached hydrogens (tertiary/aromatic N) is 2. The number of benzene rings is 1. The molecule has 21 heavy (non-hydrogen) atoms. The lowest BCUT2D eigenvalue weighted by molar-refractivity contribution is -0.123. The van der Waals surface area contributed by atoms with Crippen LogP contribution in [0.1, 0.15) is 22.7 Å². The molecular formula is C16H22N4O. The first kappa shape index (κ1) is 15.3. The molecule has 0 aliphatic carbocycles. The van der Waals surface area contributed by atoms with Gasteiger partial charge < -0.3 is 10.6 Å². The normalized spacial score (nSPS) is 12.1. The van der Waals surface area contributed by atoms with Gasteiger partial charge in [-0.3, -0.25) is 9.48 Å². The van der Waals surface area contributed by atoms with E-state index < -0.39 is 0 Å². The third-order valence-corrected chi connectivity index (χ3v) is 3.56. The topological polar surface area (TPSA) is 59.0 Å². The molecule has 1 aromatic heterocycles. The molecule has 5 heteroatoms. The number of carbonyl (C=O) groups excluding carboxylic acids is 1. The molecular weight excluding hydrogens is 264 g/mol. The Morgan fingerprint density at radius 2 is 2.14 bits per heavy atom. The van der Waals surface area contributed by atoms with Crippen LogP contribution in [0.5, 0.6) is 0 Å². The predicted molar refractivity (Wildman–Crippen MR) is 82.9 cm³/mol. The molecule has 0 aliphatic heterocycles. The predicted octanol–water partition coefficient (Wildman–Crippen LogP) is 1.35. The Hall–Kier alpha value is -2.14. The van der Waals surface area contributed by atoms with Gasteiger partial charge >= 0.3 is 0 Å². The van der Waals surface area contributed by atoms with Crippen molar-refractivity contribution in [3.05, 3.63) is 53.3 Å². The third kappa shape index (κ3) is 3.92. The second-order valence-corrected chi connectivity index (χ2v) is 5.14. The van der Waals surface area contributed by atoms with E-state index in [1.165, 1.54) is 11.1 Å². The summed E-state index contributed by atoms with van der Waals surface area (Å²) in [5, 5.41) is 10.1. The van der Waals surface area contributed by atoms with Gasteiger partial charge in [0.05, 0.1) is 6.20 Å². The summed E-state index contributed by atoms with van der Waals surface area (Å²) in [6.07, 6.45) is 4.39. The SMILES string of the molecule is CNC(C(=O)NCCc1ccccc1C)c1cnn(C)c1. The molecule has 2 N–H and O–H groups in total. The molecule has 0 saturated heterocycles. The molecule has 0 aliphatic rings. The summed E-state index contributed by atoms with van der Waals surface area (Å²) >= 11 is 0. The Labute approximate surface area is 125 Å². The van der Waals surface area contributed by atoms with Crippen molar-refractivity contribution in [2.75, 3.05) is 13.6 Å². The number of carbonyl (C=O) groups is 1. The zero-order valence-electron chi connectivity index (χ0n) is 12.8. The number of aryl methyl sites for hydroxylation is 2. The van der Waals surface area contributed by atoms with Crippen LogP contribution in [0.15, 0.2) is 36.7 Å². The lowest BCUT2D eigenvalue weighted by atomic mass is 10.1. The van der Waals surface area contributed by atoms with Crippen LogP contribution in [0.3, 0.4) is 0 Å². The van der Waals surface area contributed by atoms with E-state index in [2.05, 4.69) is 34.8 Å². The summed E-state index contributed by atoms with van der Waals surface area (Å²) < 4.78 is 1.69. The number of hydrogen-bond donors (Lipinski definition) is 2. The van der Waals surface area contributed by atoms with Gasteiger partial charge in [0.15, 0.2) is 0 Å². The average Bonchev–Trinajstić information content (AvgIpc) is 2.88. The van der Waals surface area contributed by atoms with Crippen molar-refractivity contribution in [3.63, 3.8) is 0 Å². The van der Waals surface area contributed by atoms with E-state index in [0.717, 1.165) is 12.0 Å². The highest BCUT2D eigenvalue weighted by Crippen LogP contribution is 2.11. The highest BCUT2D eigenvalue weighted by molar-refractivity contribution is 5.83. The molecule has 2 aromatic rings. The molecule has 1 amide bonds. The fourth-order valence-corrected chi connectivity index (χ4v) is 2.35. The van der Waals surface area contributed by atoms with Crippen LogP contribution < -0.4 is 10.6 Å². The Kier molecular flexibility index (Phi) is 5.11. The number of hydrogen-bond acceptors (Lipinski definition) is 3. The van der Waals surface area contributed by atoms with Crippen LogP contribution in [0.4, 0.5) is 0 Å². The fourth-order valence-electron chi connectivity index (χ4n) is 2.35. The van der Waals surface area contributed by atoms with Gasteiger partial charge in [0.1, 0.15) is 6.04 Å². The first-order chi connectivity index (χ1) is 10.1. The maximum atomic E-state index is 12.2. The summed E-state index contributed by atoms with van der Waals surface area (Å²) in [6, 6.07) is 7.87. The van der Waals surface area contributed by atoms with E-state index in [4.69, 9.17) is 0 Å². The summed E-state index contributed by atoms with van der Waals surface area (Å²) in [5.41, 5.74) is 3.39. The number of likely N-dealkylation sites (N-methyl/N-ethyl adjacent to an activating group) is 1. The lowest BCUT2D eigenvalue weighted by Crippen LogP contribution is -2.36. The minimum absolute atomic E-state index is 0.0286. The van der Waals surface area contributed by atoms with Crippen molar-refractivity contribution >= 4 is 5.91 Å². The number of rotatable bonds is 6. The zero-order valence-corrected chi connectivity index (χ0v) is 12.8. The molecule has 1 unspecified atom stereocenters. The van der Waals surface area contributed by atoms with E-state index in [-0.39, 0.29) is 11.9 Å². The largest absolute Gasteiger partial charge is 0.354 e. The van der Waals surface area contributed by atoms with Gasteiger partial charge in [-0.25, -0.2) is 0 Å². The maximum Gasteiger partial charge on any atom is 0.241 e. The standard InChI is InChI=1S/C16H22N4O/c1-12-6-4-5-7-13(12)8-9-18-16(21)15(17-2)14-10-19-20(3)11-14/h4-7,10-11,15,17H,8-9H2,1-3H3,(H,18,21). The van der Waals surface area contributed by atoms with Crippen LogP contribution in [0.2, 0.25) is 0 Å². The van der Waals surface area contributed by atoms with Gasteiger partial charge in [-0.05, 0) is 31.5 Å². The van der Waals surface area contributed by atoms with E-state index in [9.17, 15) is 4.79 Å². The lowest BCUT2D eigenvalue weighted by Gasteiger charge is -2.15. The minimum Gasteiger partial charge on any atom is -0.354 e. The van der Waals surface area contributed by atoms with Crippen molar-refractivity contribution in [3.8, 4) is 0 Å². The van der Waals surface area contributed by atoms with Gasteiger partial charge in [-0.15, -0.1) is 0 Å². The van der Waals surface area contributed by atoms with E-state index in [1.54, 1.807) is 17.9 Å². The Morgan fingerprint density at radius 1 is 1.38 bits per heavy atom. The van der Waals surface area contributed by atoms with Gasteiger partial charge in [-0.2, -0.15) is 5.10 Å². The first-order valence-corrected chi connectivity index (χ1v) is 7.10. The van der Waals surface area contributed by atoms with Crippen molar-refractivity contribution in [1.29, 1.82) is 0 Å². The third-order valence-electron chi connectivity index (χ3n) is 3.56. The maximum absolute atomic E-state index is 12.2. The second kappa shape index (κ2) is 7.04. The number of amides is 1. The zero-order chi connectivity index (χ0) is 15.2. The summed E-state index contributed by atoms with van der Waals surface area (Å²) in [4.78, 5) is 12.2. The summed E-state index contributed by atoms with van der Waals surface area (Å²) in [5.74, 6) is -0.0286. The van der Waals surface area contributed by atoms with E-state index >= 15 is 0 Å². The molecule has 1 aromatic carbocycles. The molecule has 0 fully saturated rings. The molecule has 5 nitrogen and oxygen atoms in total. The van der Waals surface area contributed by atoms with Crippen LogP contribution in [-0.2, 0) is 18.3 Å². The molecule has 0 spiro atoms. The second-order valence-electron chi connectivity index (χ2n) is 5.14. The summed E-state index contributed by atoms with van der Waals surface area (Å²) in [7, 11) is 3.62. The minimum atomic E-state index is -0.365. The van der Waals surface area contributed by atoms with Crippen molar-refractivity contribution < 1.29 is 4.79 Å². The monoisotopic (exact) mass is 286 g/mol. The number of aromatic nitrogens is 2. The molecule has 2 rings (SSSR count). The van der Waals surface area contributed by atoms with Crippen LogP contribution >= 0.6 is 0 Å². The molecule has 0 radical (unpaired) electrons. The Morgan fingerprint density at radius 3 is 2.76 bits per heavy atom. The molecule has 0 bridgehead atoms. The molecule has 0 saturated carbocycles. The van der Waals surface area contributed by atoms with Gasteiger partial charge in [0.2, 0.25) is 5.91 Å². The van der Waals surface area contributed by atoms with Crippen LogP contribution in [0, 0.1) is 6.92 Å². The summed E-state index contributed by atoms with van der Waals surface area (Å²) in [6.45, 7) is 2.71. The Bertz CT molecular complexity index is 606. The molecule has 112 valence electrons. The fraction of sp³-hybridized carbons (Fsp3) is 0.375. The van der Waals surface area contributed by atoms with Crippen LogP contribution in [0.25, 0.3) is 0 Å². The highest BCUT2D eigenvalue weighted by Gasteiger charge is 2.19. The van der Waals surface area contributed by atoms with Crippen LogP contribution in [-0.4, -0.2) is 29.3 Å². The van der Waals surface area contributed by atoms with Crippen molar-refractivity contribution in [2.24, 2.45) is 7.05 Å². The van der Waals surface area contributed by atoms with Crippen molar-refractivity contribution in [2.45, 2.75) is 19.4 Å². The van der Waals surface area contributed by atoms with E-state index in [1.807, 2.05) is 25.4 Å².